The van der Waals surface area contributed by atoms with Crippen LogP contribution in [0, 0.1) is 5.92 Å². The summed E-state index contributed by atoms with van der Waals surface area (Å²) in [5, 5.41) is 2.88. The van der Waals surface area contributed by atoms with Crippen LogP contribution < -0.4 is 11.1 Å². The second kappa shape index (κ2) is 4.26. The molecule has 1 unspecified atom stereocenters. The summed E-state index contributed by atoms with van der Waals surface area (Å²) in [6.45, 7) is 2.38. The Labute approximate surface area is 73.0 Å². The van der Waals surface area contributed by atoms with E-state index in [1.54, 1.807) is 6.08 Å². The Morgan fingerprint density at radius 1 is 1.75 bits per heavy atom. The summed E-state index contributed by atoms with van der Waals surface area (Å²) in [6.07, 6.45) is 5.68. The third-order valence-corrected chi connectivity index (χ3v) is 2.09. The molecule has 3 N–H and O–H groups in total. The molecule has 0 heterocycles. The van der Waals surface area contributed by atoms with Crippen molar-refractivity contribution in [2.45, 2.75) is 25.8 Å². The minimum absolute atomic E-state index is 0.0279. The Hall–Kier alpha value is -0.830. The van der Waals surface area contributed by atoms with Crippen molar-refractivity contribution in [1.29, 1.82) is 0 Å². The smallest absolute Gasteiger partial charge is 0.243 e. The number of nitrogens with two attached hydrogens (primary N) is 1. The van der Waals surface area contributed by atoms with E-state index in [-0.39, 0.29) is 11.9 Å². The lowest BCUT2D eigenvalue weighted by molar-refractivity contribution is -0.117. The SMILES string of the molecule is C/C=C/C(=O)NC(CN)C1CC1. The maximum atomic E-state index is 11.1. The highest BCUT2D eigenvalue weighted by Gasteiger charge is 2.30. The van der Waals surface area contributed by atoms with E-state index in [9.17, 15) is 4.79 Å². The van der Waals surface area contributed by atoms with Gasteiger partial charge in [-0.3, -0.25) is 4.79 Å². The molecule has 3 heteroatoms. The maximum absolute atomic E-state index is 11.1. The van der Waals surface area contributed by atoms with Gasteiger partial charge in [-0.05, 0) is 31.8 Å². The van der Waals surface area contributed by atoms with E-state index in [1.807, 2.05) is 6.92 Å². The fraction of sp³-hybridized carbons (Fsp3) is 0.667. The molecule has 0 radical (unpaired) electrons. The van der Waals surface area contributed by atoms with Gasteiger partial charge in [0.1, 0.15) is 0 Å². The van der Waals surface area contributed by atoms with E-state index in [0.717, 1.165) is 0 Å². The largest absolute Gasteiger partial charge is 0.348 e. The van der Waals surface area contributed by atoms with Gasteiger partial charge < -0.3 is 11.1 Å². The maximum Gasteiger partial charge on any atom is 0.243 e. The first-order valence-corrected chi connectivity index (χ1v) is 4.41. The molecular weight excluding hydrogens is 152 g/mol. The van der Waals surface area contributed by atoms with Crippen LogP contribution in [0.5, 0.6) is 0 Å². The fourth-order valence-electron chi connectivity index (χ4n) is 1.25. The quantitative estimate of drug-likeness (QED) is 0.598. The van der Waals surface area contributed by atoms with Gasteiger partial charge in [0.15, 0.2) is 0 Å². The van der Waals surface area contributed by atoms with Gasteiger partial charge in [0.05, 0.1) is 0 Å². The van der Waals surface area contributed by atoms with E-state index in [1.165, 1.54) is 18.9 Å². The Morgan fingerprint density at radius 3 is 2.83 bits per heavy atom. The zero-order chi connectivity index (χ0) is 8.97. The van der Waals surface area contributed by atoms with Crippen LogP contribution in [0.4, 0.5) is 0 Å². The molecule has 0 spiro atoms. The Kier molecular flexibility index (Phi) is 3.29. The summed E-state index contributed by atoms with van der Waals surface area (Å²) >= 11 is 0. The average molecular weight is 168 g/mol. The standard InChI is InChI=1S/C9H16N2O/c1-2-3-9(12)11-8(6-10)7-4-5-7/h2-3,7-8H,4-6,10H2,1H3,(H,11,12)/b3-2+. The highest BCUT2D eigenvalue weighted by Crippen LogP contribution is 2.32. The van der Waals surface area contributed by atoms with Gasteiger partial charge >= 0.3 is 0 Å². The molecule has 1 amide bonds. The topological polar surface area (TPSA) is 55.1 Å². The van der Waals surface area contributed by atoms with Crippen LogP contribution in [0.15, 0.2) is 12.2 Å². The third kappa shape index (κ3) is 2.66. The summed E-state index contributed by atoms with van der Waals surface area (Å²) in [4.78, 5) is 11.1. The Bertz CT molecular complexity index is 185. The molecule has 1 aliphatic carbocycles. The monoisotopic (exact) mass is 168 g/mol. The molecule has 3 nitrogen and oxygen atoms in total. The number of hydrogen-bond donors (Lipinski definition) is 2. The molecule has 0 saturated heterocycles. The molecule has 0 aromatic rings. The van der Waals surface area contributed by atoms with Gasteiger partial charge in [0, 0.05) is 12.6 Å². The van der Waals surface area contributed by atoms with E-state index >= 15 is 0 Å². The molecule has 0 aliphatic heterocycles. The van der Waals surface area contributed by atoms with E-state index in [4.69, 9.17) is 5.73 Å². The minimum atomic E-state index is -0.0279. The highest BCUT2D eigenvalue weighted by atomic mass is 16.1. The molecule has 12 heavy (non-hydrogen) atoms. The third-order valence-electron chi connectivity index (χ3n) is 2.09. The zero-order valence-corrected chi connectivity index (χ0v) is 7.42. The fourth-order valence-corrected chi connectivity index (χ4v) is 1.25. The highest BCUT2D eigenvalue weighted by molar-refractivity contribution is 5.87. The predicted octanol–water partition coefficient (Wildman–Crippen LogP) is 0.416. The van der Waals surface area contributed by atoms with Gasteiger partial charge in [0.2, 0.25) is 5.91 Å². The van der Waals surface area contributed by atoms with Crippen molar-refractivity contribution < 1.29 is 4.79 Å². The van der Waals surface area contributed by atoms with Crippen molar-refractivity contribution in [2.75, 3.05) is 6.54 Å². The molecule has 68 valence electrons. The normalized spacial score (nSPS) is 19.5. The Balaban J connectivity index is 2.30. The molecule has 1 rings (SSSR count). The van der Waals surface area contributed by atoms with Crippen LogP contribution >= 0.6 is 0 Å². The molecule has 1 aliphatic rings. The van der Waals surface area contributed by atoms with Crippen LogP contribution in [-0.4, -0.2) is 18.5 Å². The van der Waals surface area contributed by atoms with Crippen molar-refractivity contribution in [2.24, 2.45) is 11.7 Å². The van der Waals surface area contributed by atoms with Crippen LogP contribution in [0.2, 0.25) is 0 Å². The lowest BCUT2D eigenvalue weighted by Crippen LogP contribution is -2.40. The van der Waals surface area contributed by atoms with E-state index in [0.29, 0.717) is 12.5 Å². The number of allylic oxidation sites excluding steroid dienone is 1. The van der Waals surface area contributed by atoms with Crippen molar-refractivity contribution in [3.05, 3.63) is 12.2 Å². The summed E-state index contributed by atoms with van der Waals surface area (Å²) in [5.41, 5.74) is 5.52. The van der Waals surface area contributed by atoms with Crippen molar-refractivity contribution in [3.63, 3.8) is 0 Å². The first-order valence-electron chi connectivity index (χ1n) is 4.41. The average Bonchev–Trinajstić information content (AvgIpc) is 2.83. The first-order chi connectivity index (χ1) is 5.77. The van der Waals surface area contributed by atoms with Gasteiger partial charge in [-0.25, -0.2) is 0 Å². The number of carbonyl (C=O) groups is 1. The van der Waals surface area contributed by atoms with E-state index < -0.39 is 0 Å². The second-order valence-electron chi connectivity index (χ2n) is 3.19. The van der Waals surface area contributed by atoms with Crippen LogP contribution in [0.3, 0.4) is 0 Å². The number of carbonyl (C=O) groups excluding carboxylic acids is 1. The van der Waals surface area contributed by atoms with Gasteiger partial charge in [0.25, 0.3) is 0 Å². The number of nitrogens with one attached hydrogen (secondary N) is 1. The summed E-state index contributed by atoms with van der Waals surface area (Å²) in [5.74, 6) is 0.601. The molecule has 1 saturated carbocycles. The van der Waals surface area contributed by atoms with E-state index in [2.05, 4.69) is 5.32 Å². The zero-order valence-electron chi connectivity index (χ0n) is 7.42. The lowest BCUT2D eigenvalue weighted by atomic mass is 10.2. The first kappa shape index (κ1) is 9.26. The minimum Gasteiger partial charge on any atom is -0.348 e. The molecule has 1 atom stereocenters. The molecule has 0 aromatic carbocycles. The summed E-state index contributed by atoms with van der Waals surface area (Å²) in [6, 6.07) is 0.189. The number of rotatable bonds is 4. The van der Waals surface area contributed by atoms with Crippen LogP contribution in [-0.2, 0) is 4.79 Å². The summed E-state index contributed by atoms with van der Waals surface area (Å²) in [7, 11) is 0. The van der Waals surface area contributed by atoms with Crippen molar-refractivity contribution >= 4 is 5.91 Å². The molecule has 0 aromatic heterocycles. The van der Waals surface area contributed by atoms with Gasteiger partial charge in [-0.1, -0.05) is 6.08 Å². The van der Waals surface area contributed by atoms with Crippen LogP contribution in [0.25, 0.3) is 0 Å². The number of amides is 1. The Morgan fingerprint density at radius 2 is 2.42 bits per heavy atom. The molecule has 0 bridgehead atoms. The molecular formula is C9H16N2O. The lowest BCUT2D eigenvalue weighted by Gasteiger charge is -2.13. The van der Waals surface area contributed by atoms with Crippen LogP contribution in [0.1, 0.15) is 19.8 Å². The number of hydrogen-bond acceptors (Lipinski definition) is 2. The van der Waals surface area contributed by atoms with Gasteiger partial charge in [-0.15, -0.1) is 0 Å². The summed E-state index contributed by atoms with van der Waals surface area (Å²) < 4.78 is 0. The van der Waals surface area contributed by atoms with Crippen molar-refractivity contribution in [3.8, 4) is 0 Å². The second-order valence-corrected chi connectivity index (χ2v) is 3.19. The molecule has 1 fully saturated rings. The predicted molar refractivity (Wildman–Crippen MR) is 48.5 cm³/mol. The van der Waals surface area contributed by atoms with Crippen molar-refractivity contribution in [1.82, 2.24) is 5.32 Å². The van der Waals surface area contributed by atoms with Gasteiger partial charge in [-0.2, -0.15) is 0 Å².